The van der Waals surface area contributed by atoms with Crippen LogP contribution in [0.4, 0.5) is 0 Å². The van der Waals surface area contributed by atoms with Crippen LogP contribution in [0, 0.1) is 5.92 Å². The molecule has 1 aliphatic carbocycles. The highest BCUT2D eigenvalue weighted by Gasteiger charge is 2.39. The molecule has 1 saturated carbocycles. The Bertz CT molecular complexity index is 375. The van der Waals surface area contributed by atoms with E-state index in [4.69, 9.17) is 4.74 Å². The lowest BCUT2D eigenvalue weighted by Crippen LogP contribution is -2.47. The molecule has 22 heavy (non-hydrogen) atoms. The Morgan fingerprint density at radius 3 is 2.82 bits per heavy atom. The van der Waals surface area contributed by atoms with Crippen LogP contribution < -0.4 is 10.6 Å². The highest BCUT2D eigenvalue weighted by Crippen LogP contribution is 2.33. The Morgan fingerprint density at radius 2 is 2.09 bits per heavy atom. The summed E-state index contributed by atoms with van der Waals surface area (Å²) in [5, 5.41) is 6.28. The van der Waals surface area contributed by atoms with Crippen LogP contribution in [-0.2, 0) is 14.3 Å². The van der Waals surface area contributed by atoms with E-state index in [2.05, 4.69) is 10.6 Å². The predicted octanol–water partition coefficient (Wildman–Crippen LogP) is 0.518. The number of carbonyl (C=O) groups excluding carboxylic acids is 2. The van der Waals surface area contributed by atoms with E-state index in [0.29, 0.717) is 25.1 Å². The lowest BCUT2D eigenvalue weighted by Gasteiger charge is -2.24. The van der Waals surface area contributed by atoms with Gasteiger partial charge in [0.1, 0.15) is 0 Å². The summed E-state index contributed by atoms with van der Waals surface area (Å²) in [4.78, 5) is 25.8. The molecule has 0 aromatic carbocycles. The Hall–Kier alpha value is -1.14. The van der Waals surface area contributed by atoms with E-state index in [1.807, 2.05) is 0 Å². The third-order valence-corrected chi connectivity index (χ3v) is 4.77. The number of fused-ring (bicyclic) bond motifs is 1. The molecule has 1 saturated heterocycles. The summed E-state index contributed by atoms with van der Waals surface area (Å²) < 4.78 is 4.93. The number of methoxy groups -OCH3 is 1. The fourth-order valence-corrected chi connectivity index (χ4v) is 3.57. The summed E-state index contributed by atoms with van der Waals surface area (Å²) >= 11 is 0. The summed E-state index contributed by atoms with van der Waals surface area (Å²) in [6.07, 6.45) is 6.65. The van der Waals surface area contributed by atoms with Gasteiger partial charge in [0.25, 0.3) is 0 Å². The topological polar surface area (TPSA) is 70.7 Å². The van der Waals surface area contributed by atoms with Crippen molar-refractivity contribution in [1.29, 1.82) is 0 Å². The maximum Gasteiger partial charge on any atom is 0.239 e. The molecule has 3 atom stereocenters. The van der Waals surface area contributed by atoms with Gasteiger partial charge in [-0.25, -0.2) is 0 Å². The molecule has 0 aromatic rings. The summed E-state index contributed by atoms with van der Waals surface area (Å²) in [5.74, 6) is 0.572. The minimum atomic E-state index is -0.112. The molecule has 2 amide bonds. The minimum absolute atomic E-state index is 0.0430. The third kappa shape index (κ3) is 4.68. The first-order valence-electron chi connectivity index (χ1n) is 8.38. The smallest absolute Gasteiger partial charge is 0.239 e. The van der Waals surface area contributed by atoms with Crippen LogP contribution in [0.1, 0.15) is 38.5 Å². The Morgan fingerprint density at radius 1 is 1.32 bits per heavy atom. The number of ether oxygens (including phenoxy) is 1. The molecule has 1 heterocycles. The fourth-order valence-electron chi connectivity index (χ4n) is 3.57. The minimum Gasteiger partial charge on any atom is -0.385 e. The van der Waals surface area contributed by atoms with Gasteiger partial charge < -0.3 is 20.3 Å². The zero-order chi connectivity index (χ0) is 15.9. The van der Waals surface area contributed by atoms with E-state index in [1.165, 1.54) is 25.7 Å². The molecule has 2 aliphatic rings. The van der Waals surface area contributed by atoms with Crippen LogP contribution in [0.5, 0.6) is 0 Å². The molecule has 0 radical (unpaired) electrons. The normalized spacial score (nSPS) is 27.3. The Kier molecular flexibility index (Phi) is 6.64. The first-order chi connectivity index (χ1) is 10.6. The van der Waals surface area contributed by atoms with Crippen LogP contribution in [0.15, 0.2) is 0 Å². The molecule has 0 spiro atoms. The van der Waals surface area contributed by atoms with E-state index in [9.17, 15) is 9.59 Å². The van der Waals surface area contributed by atoms with Crippen molar-refractivity contribution >= 4 is 11.8 Å². The number of nitrogens with one attached hydrogen (secondary N) is 2. The number of carbonyl (C=O) groups is 2. The molecule has 0 aromatic heterocycles. The zero-order valence-corrected chi connectivity index (χ0v) is 13.8. The zero-order valence-electron chi connectivity index (χ0n) is 13.8. The number of rotatable bonds is 7. The monoisotopic (exact) mass is 311 g/mol. The molecule has 6 heteroatoms. The van der Waals surface area contributed by atoms with E-state index in [1.54, 1.807) is 19.1 Å². The molecule has 2 N–H and O–H groups in total. The molecule has 3 unspecified atom stereocenters. The largest absolute Gasteiger partial charge is 0.385 e. The Balaban J connectivity index is 1.71. The van der Waals surface area contributed by atoms with Gasteiger partial charge in [0, 0.05) is 33.4 Å². The van der Waals surface area contributed by atoms with Crippen molar-refractivity contribution in [3.63, 3.8) is 0 Å². The van der Waals surface area contributed by atoms with Crippen molar-refractivity contribution in [2.45, 2.75) is 50.6 Å². The fraction of sp³-hybridized carbons (Fsp3) is 0.875. The van der Waals surface area contributed by atoms with Crippen molar-refractivity contribution in [2.75, 3.05) is 33.9 Å². The van der Waals surface area contributed by atoms with Gasteiger partial charge in [0.2, 0.25) is 11.8 Å². The van der Waals surface area contributed by atoms with Crippen molar-refractivity contribution in [2.24, 2.45) is 5.92 Å². The molecule has 2 rings (SSSR count). The van der Waals surface area contributed by atoms with Crippen LogP contribution in [0.2, 0.25) is 0 Å². The number of nitrogens with zero attached hydrogens (tertiary/aromatic N) is 1. The van der Waals surface area contributed by atoms with Gasteiger partial charge in [-0.3, -0.25) is 9.59 Å². The molecule has 6 nitrogen and oxygen atoms in total. The van der Waals surface area contributed by atoms with Crippen LogP contribution in [0.25, 0.3) is 0 Å². The first-order valence-corrected chi connectivity index (χ1v) is 8.38. The van der Waals surface area contributed by atoms with E-state index in [0.717, 1.165) is 12.8 Å². The third-order valence-electron chi connectivity index (χ3n) is 4.77. The summed E-state index contributed by atoms with van der Waals surface area (Å²) in [6, 6.07) is 0.387. The maximum atomic E-state index is 12.5. The second-order valence-electron chi connectivity index (χ2n) is 6.50. The van der Waals surface area contributed by atoms with Crippen LogP contribution in [0.3, 0.4) is 0 Å². The van der Waals surface area contributed by atoms with Crippen molar-refractivity contribution in [1.82, 2.24) is 15.5 Å². The highest BCUT2D eigenvalue weighted by atomic mass is 16.5. The van der Waals surface area contributed by atoms with E-state index < -0.39 is 0 Å². The van der Waals surface area contributed by atoms with Gasteiger partial charge in [0.05, 0.1) is 12.6 Å². The summed E-state index contributed by atoms with van der Waals surface area (Å²) in [5.41, 5.74) is 0. The summed E-state index contributed by atoms with van der Waals surface area (Å²) in [6.45, 7) is 1.34. The molecule has 0 bridgehead atoms. The molecular formula is C16H29N3O3. The standard InChI is InChI=1S/C16H29N3O3/c1-19(11-15(20)17-8-5-9-22-2)16(21)14-10-12-6-3-4-7-13(12)18-14/h12-14,18H,3-11H2,1-2H3,(H,17,20). The van der Waals surface area contributed by atoms with Gasteiger partial charge in [-0.2, -0.15) is 0 Å². The molecular weight excluding hydrogens is 282 g/mol. The SMILES string of the molecule is COCCCNC(=O)CN(C)C(=O)C1CC2CCCCC2N1. The maximum absolute atomic E-state index is 12.5. The van der Waals surface area contributed by atoms with Gasteiger partial charge in [-0.05, 0) is 31.6 Å². The quantitative estimate of drug-likeness (QED) is 0.673. The van der Waals surface area contributed by atoms with Gasteiger partial charge in [0.15, 0.2) is 0 Å². The second-order valence-corrected chi connectivity index (χ2v) is 6.50. The molecule has 1 aliphatic heterocycles. The second kappa shape index (κ2) is 8.48. The van der Waals surface area contributed by atoms with Gasteiger partial charge in [-0.1, -0.05) is 12.8 Å². The average Bonchev–Trinajstić information content (AvgIpc) is 2.94. The first kappa shape index (κ1) is 17.2. The lowest BCUT2D eigenvalue weighted by molar-refractivity contribution is -0.136. The Labute approximate surface area is 132 Å². The number of amides is 2. The highest BCUT2D eigenvalue weighted by molar-refractivity contribution is 5.87. The van der Waals surface area contributed by atoms with Crippen molar-refractivity contribution < 1.29 is 14.3 Å². The molecule has 126 valence electrons. The van der Waals surface area contributed by atoms with E-state index in [-0.39, 0.29) is 24.4 Å². The number of hydrogen-bond acceptors (Lipinski definition) is 4. The number of hydrogen-bond donors (Lipinski definition) is 2. The molecule has 2 fully saturated rings. The predicted molar refractivity (Wildman–Crippen MR) is 84.4 cm³/mol. The summed E-state index contributed by atoms with van der Waals surface area (Å²) in [7, 11) is 3.35. The van der Waals surface area contributed by atoms with E-state index >= 15 is 0 Å². The average molecular weight is 311 g/mol. The lowest BCUT2D eigenvalue weighted by atomic mass is 9.85. The van der Waals surface area contributed by atoms with Crippen molar-refractivity contribution in [3.05, 3.63) is 0 Å². The number of likely N-dealkylation sites (N-methyl/N-ethyl adjacent to an activating group) is 1. The van der Waals surface area contributed by atoms with Gasteiger partial charge in [-0.15, -0.1) is 0 Å². The van der Waals surface area contributed by atoms with Crippen LogP contribution in [-0.4, -0.2) is 62.7 Å². The van der Waals surface area contributed by atoms with Crippen molar-refractivity contribution in [3.8, 4) is 0 Å². The van der Waals surface area contributed by atoms with Gasteiger partial charge >= 0.3 is 0 Å². The van der Waals surface area contributed by atoms with Crippen LogP contribution >= 0.6 is 0 Å².